The van der Waals surface area contributed by atoms with Crippen LogP contribution >= 0.6 is 0 Å². The molecule has 0 aliphatic carbocycles. The topological polar surface area (TPSA) is 41.1 Å². The Morgan fingerprint density at radius 2 is 2.06 bits per heavy atom. The second-order valence-electron chi connectivity index (χ2n) is 4.35. The van der Waals surface area contributed by atoms with Crippen molar-refractivity contribution < 1.29 is 4.79 Å². The Hall–Kier alpha value is -1.35. The highest BCUT2D eigenvalue weighted by atomic mass is 16.1. The van der Waals surface area contributed by atoms with Crippen molar-refractivity contribution in [3.63, 3.8) is 0 Å². The van der Waals surface area contributed by atoms with E-state index in [-0.39, 0.29) is 11.9 Å². The second kappa shape index (κ2) is 4.66. The molecule has 16 heavy (non-hydrogen) atoms. The van der Waals surface area contributed by atoms with Gasteiger partial charge in [0, 0.05) is 25.6 Å². The Kier molecular flexibility index (Phi) is 3.25. The van der Waals surface area contributed by atoms with Gasteiger partial charge in [-0.05, 0) is 30.5 Å². The first-order valence-corrected chi connectivity index (χ1v) is 5.74. The van der Waals surface area contributed by atoms with E-state index in [4.69, 9.17) is 0 Å². The molecule has 3 nitrogen and oxygen atoms in total. The minimum absolute atomic E-state index is 0.135. The molecule has 1 saturated heterocycles. The second-order valence-corrected chi connectivity index (χ2v) is 4.35. The summed E-state index contributed by atoms with van der Waals surface area (Å²) in [4.78, 5) is 11.5. The molecule has 1 aromatic carbocycles. The van der Waals surface area contributed by atoms with Crippen molar-refractivity contribution >= 4 is 5.91 Å². The number of aryl methyl sites for hydroxylation is 1. The lowest BCUT2D eigenvalue weighted by Crippen LogP contribution is -2.24. The first-order chi connectivity index (χ1) is 7.68. The lowest BCUT2D eigenvalue weighted by Gasteiger charge is -2.18. The SMILES string of the molecule is Cc1cccc(C2CC(=O)NCCN2)c1C. The summed E-state index contributed by atoms with van der Waals surface area (Å²) >= 11 is 0. The Balaban J connectivity index is 2.28. The molecule has 0 radical (unpaired) electrons. The molecule has 1 unspecified atom stereocenters. The van der Waals surface area contributed by atoms with Gasteiger partial charge in [0.2, 0.25) is 5.91 Å². The van der Waals surface area contributed by atoms with Crippen LogP contribution < -0.4 is 10.6 Å². The van der Waals surface area contributed by atoms with Crippen LogP contribution in [0.1, 0.15) is 29.2 Å². The summed E-state index contributed by atoms with van der Waals surface area (Å²) < 4.78 is 0. The third-order valence-electron chi connectivity index (χ3n) is 3.25. The monoisotopic (exact) mass is 218 g/mol. The van der Waals surface area contributed by atoms with Gasteiger partial charge in [0.1, 0.15) is 0 Å². The summed E-state index contributed by atoms with van der Waals surface area (Å²) in [5.74, 6) is 0.135. The summed E-state index contributed by atoms with van der Waals surface area (Å²) in [5, 5.41) is 6.29. The zero-order valence-electron chi connectivity index (χ0n) is 9.84. The van der Waals surface area contributed by atoms with E-state index in [0.717, 1.165) is 13.1 Å². The number of benzene rings is 1. The number of nitrogens with one attached hydrogen (secondary N) is 2. The van der Waals surface area contributed by atoms with E-state index in [1.54, 1.807) is 0 Å². The zero-order chi connectivity index (χ0) is 11.5. The van der Waals surface area contributed by atoms with Gasteiger partial charge in [-0.15, -0.1) is 0 Å². The number of hydrogen-bond acceptors (Lipinski definition) is 2. The highest BCUT2D eigenvalue weighted by molar-refractivity contribution is 5.77. The van der Waals surface area contributed by atoms with E-state index < -0.39 is 0 Å². The smallest absolute Gasteiger partial charge is 0.221 e. The molecule has 1 heterocycles. The van der Waals surface area contributed by atoms with Crippen LogP contribution in [0.2, 0.25) is 0 Å². The zero-order valence-corrected chi connectivity index (χ0v) is 9.84. The van der Waals surface area contributed by atoms with Crippen molar-refractivity contribution in [2.24, 2.45) is 0 Å². The predicted octanol–water partition coefficient (Wildman–Crippen LogP) is 1.45. The average molecular weight is 218 g/mol. The molecule has 0 bridgehead atoms. The quantitative estimate of drug-likeness (QED) is 0.749. The van der Waals surface area contributed by atoms with E-state index in [2.05, 4.69) is 42.7 Å². The molecule has 3 heteroatoms. The maximum atomic E-state index is 11.5. The summed E-state index contributed by atoms with van der Waals surface area (Å²) in [6.07, 6.45) is 0.532. The van der Waals surface area contributed by atoms with Gasteiger partial charge in [-0.3, -0.25) is 4.79 Å². The van der Waals surface area contributed by atoms with Gasteiger partial charge in [-0.1, -0.05) is 18.2 Å². The molecule has 1 atom stereocenters. The van der Waals surface area contributed by atoms with Crippen LogP contribution in [0, 0.1) is 13.8 Å². The van der Waals surface area contributed by atoms with Gasteiger partial charge in [0.15, 0.2) is 0 Å². The molecule has 1 aromatic rings. The molecule has 1 amide bonds. The number of carbonyl (C=O) groups is 1. The molecule has 2 rings (SSSR count). The molecule has 1 fully saturated rings. The van der Waals surface area contributed by atoms with E-state index >= 15 is 0 Å². The van der Waals surface area contributed by atoms with Crippen LogP contribution in [0.3, 0.4) is 0 Å². The van der Waals surface area contributed by atoms with Crippen molar-refractivity contribution in [2.75, 3.05) is 13.1 Å². The maximum absolute atomic E-state index is 11.5. The molecule has 2 N–H and O–H groups in total. The Labute approximate surface area is 96.2 Å². The van der Waals surface area contributed by atoms with Gasteiger partial charge in [-0.25, -0.2) is 0 Å². The van der Waals surface area contributed by atoms with Crippen molar-refractivity contribution in [2.45, 2.75) is 26.3 Å². The molecule has 1 aliphatic heterocycles. The minimum Gasteiger partial charge on any atom is -0.355 e. The average Bonchev–Trinajstić information content (AvgIpc) is 2.47. The van der Waals surface area contributed by atoms with Crippen molar-refractivity contribution in [1.82, 2.24) is 10.6 Å². The molecule has 0 saturated carbocycles. The number of rotatable bonds is 1. The van der Waals surface area contributed by atoms with Crippen LogP contribution in [-0.4, -0.2) is 19.0 Å². The van der Waals surface area contributed by atoms with Crippen LogP contribution in [-0.2, 0) is 4.79 Å². The third kappa shape index (κ3) is 2.25. The van der Waals surface area contributed by atoms with Crippen molar-refractivity contribution in [3.8, 4) is 0 Å². The van der Waals surface area contributed by atoms with Gasteiger partial charge in [0.05, 0.1) is 0 Å². The summed E-state index contributed by atoms with van der Waals surface area (Å²) in [6.45, 7) is 5.79. The van der Waals surface area contributed by atoms with E-state index in [1.807, 2.05) is 0 Å². The maximum Gasteiger partial charge on any atom is 0.221 e. The first-order valence-electron chi connectivity index (χ1n) is 5.74. The molecular formula is C13H18N2O. The van der Waals surface area contributed by atoms with Crippen molar-refractivity contribution in [1.29, 1.82) is 0 Å². The predicted molar refractivity (Wildman–Crippen MR) is 64.3 cm³/mol. The molecule has 1 aliphatic rings. The first kappa shape index (κ1) is 11.1. The lowest BCUT2D eigenvalue weighted by atomic mass is 9.95. The third-order valence-corrected chi connectivity index (χ3v) is 3.25. The van der Waals surface area contributed by atoms with Crippen LogP contribution in [0.25, 0.3) is 0 Å². The fraction of sp³-hybridized carbons (Fsp3) is 0.462. The van der Waals surface area contributed by atoms with Crippen LogP contribution in [0.5, 0.6) is 0 Å². The Bertz CT molecular complexity index is 401. The standard InChI is InChI=1S/C13H18N2O/c1-9-4-3-5-11(10(9)2)12-8-13(16)15-7-6-14-12/h3-5,12,14H,6-8H2,1-2H3,(H,15,16). The molecule has 0 aromatic heterocycles. The van der Waals surface area contributed by atoms with E-state index in [0.29, 0.717) is 6.42 Å². The molecule has 86 valence electrons. The van der Waals surface area contributed by atoms with Gasteiger partial charge in [0.25, 0.3) is 0 Å². The van der Waals surface area contributed by atoms with Gasteiger partial charge >= 0.3 is 0 Å². The van der Waals surface area contributed by atoms with Crippen LogP contribution in [0.15, 0.2) is 18.2 Å². The van der Waals surface area contributed by atoms with Gasteiger partial charge in [-0.2, -0.15) is 0 Å². The summed E-state index contributed by atoms with van der Waals surface area (Å²) in [5.41, 5.74) is 3.82. The Morgan fingerprint density at radius 3 is 2.88 bits per heavy atom. The highest BCUT2D eigenvalue weighted by Gasteiger charge is 2.19. The molecular weight excluding hydrogens is 200 g/mol. The summed E-state index contributed by atoms with van der Waals surface area (Å²) in [7, 11) is 0. The fourth-order valence-corrected chi connectivity index (χ4v) is 2.15. The molecule has 0 spiro atoms. The van der Waals surface area contributed by atoms with E-state index in [9.17, 15) is 4.79 Å². The van der Waals surface area contributed by atoms with Crippen molar-refractivity contribution in [3.05, 3.63) is 34.9 Å². The normalized spacial score (nSPS) is 21.4. The number of amides is 1. The van der Waals surface area contributed by atoms with Gasteiger partial charge < -0.3 is 10.6 Å². The Morgan fingerprint density at radius 1 is 1.25 bits per heavy atom. The lowest BCUT2D eigenvalue weighted by molar-refractivity contribution is -0.121. The summed E-state index contributed by atoms with van der Waals surface area (Å²) in [6, 6.07) is 6.43. The van der Waals surface area contributed by atoms with Crippen LogP contribution in [0.4, 0.5) is 0 Å². The van der Waals surface area contributed by atoms with E-state index in [1.165, 1.54) is 16.7 Å². The minimum atomic E-state index is 0.135. The largest absolute Gasteiger partial charge is 0.355 e. The number of carbonyl (C=O) groups excluding carboxylic acids is 1. The number of hydrogen-bond donors (Lipinski definition) is 2. The highest BCUT2D eigenvalue weighted by Crippen LogP contribution is 2.23. The fourth-order valence-electron chi connectivity index (χ4n) is 2.15.